The van der Waals surface area contributed by atoms with Crippen molar-refractivity contribution in [3.05, 3.63) is 87.1 Å². The summed E-state index contributed by atoms with van der Waals surface area (Å²) in [6.45, 7) is 5.00. The smallest absolute Gasteiger partial charge is 0.150 e. The van der Waals surface area contributed by atoms with Crippen LogP contribution in [-0.4, -0.2) is 12.9 Å². The van der Waals surface area contributed by atoms with Gasteiger partial charge in [-0.3, -0.25) is 4.79 Å². The fourth-order valence-electron chi connectivity index (χ4n) is 3.10. The number of benzene rings is 2. The number of carbonyl (C=O) groups is 1. The molecule has 1 atom stereocenters. The highest BCUT2D eigenvalue weighted by Crippen LogP contribution is 2.32. The summed E-state index contributed by atoms with van der Waals surface area (Å²) in [5, 5.41) is 4.40. The molecule has 2 aromatic carbocycles. The number of aryl methyl sites for hydroxylation is 2. The van der Waals surface area contributed by atoms with Crippen molar-refractivity contribution in [3.63, 3.8) is 0 Å². The van der Waals surface area contributed by atoms with Gasteiger partial charge in [0.25, 0.3) is 0 Å². The van der Waals surface area contributed by atoms with Gasteiger partial charge in [-0.05, 0) is 90.0 Å². The van der Waals surface area contributed by atoms with Crippen LogP contribution in [0.4, 0.5) is 0 Å². The second-order valence-corrected chi connectivity index (χ2v) is 7.41. The van der Waals surface area contributed by atoms with Gasteiger partial charge in [-0.15, -0.1) is 0 Å². The first-order valence-corrected chi connectivity index (χ1v) is 9.89. The van der Waals surface area contributed by atoms with Gasteiger partial charge in [0.05, 0.1) is 6.61 Å². The number of carbonyl (C=O) groups excluding carboxylic acids is 1. The zero-order valence-electron chi connectivity index (χ0n) is 15.3. The highest BCUT2D eigenvalue weighted by Gasteiger charge is 2.15. The van der Waals surface area contributed by atoms with E-state index in [2.05, 4.69) is 48.9 Å². The maximum atomic E-state index is 10.7. The molecule has 0 fully saturated rings. The van der Waals surface area contributed by atoms with Gasteiger partial charge in [0.2, 0.25) is 0 Å². The molecule has 0 radical (unpaired) electrons. The van der Waals surface area contributed by atoms with Gasteiger partial charge in [-0.2, -0.15) is 11.3 Å². The standard InChI is InChI=1S/C23H24O2S/c1-17-5-8-20(14-18(17)2)23(21-11-13-26-16-21)4-3-12-25-22-9-6-19(15-24)7-10-22/h5-11,13-16,23H,3-4,12H2,1-2H3/t23-/m0/s1. The third-order valence-electron chi connectivity index (χ3n) is 4.80. The van der Waals surface area contributed by atoms with Crippen LogP contribution in [0.2, 0.25) is 0 Å². The molecule has 0 amide bonds. The Kier molecular flexibility index (Phi) is 6.24. The van der Waals surface area contributed by atoms with Gasteiger partial charge in [0.15, 0.2) is 0 Å². The normalized spacial score (nSPS) is 11.9. The van der Waals surface area contributed by atoms with Crippen LogP contribution in [0.1, 0.15) is 51.4 Å². The van der Waals surface area contributed by atoms with Crippen molar-refractivity contribution >= 4 is 17.6 Å². The van der Waals surface area contributed by atoms with E-state index in [1.165, 1.54) is 22.3 Å². The number of hydrogen-bond acceptors (Lipinski definition) is 3. The van der Waals surface area contributed by atoms with Crippen molar-refractivity contribution in [2.24, 2.45) is 0 Å². The van der Waals surface area contributed by atoms with Crippen molar-refractivity contribution in [1.29, 1.82) is 0 Å². The highest BCUT2D eigenvalue weighted by molar-refractivity contribution is 7.08. The molecule has 0 aliphatic rings. The van der Waals surface area contributed by atoms with Gasteiger partial charge < -0.3 is 4.74 Å². The molecule has 0 bridgehead atoms. The van der Waals surface area contributed by atoms with E-state index >= 15 is 0 Å². The predicted molar refractivity (Wildman–Crippen MR) is 109 cm³/mol. The number of hydrogen-bond donors (Lipinski definition) is 0. The van der Waals surface area contributed by atoms with Crippen molar-refractivity contribution in [1.82, 2.24) is 0 Å². The molecule has 0 aliphatic heterocycles. The van der Waals surface area contributed by atoms with Crippen LogP contribution in [0.3, 0.4) is 0 Å². The van der Waals surface area contributed by atoms with E-state index in [-0.39, 0.29) is 0 Å². The lowest BCUT2D eigenvalue weighted by Gasteiger charge is -2.18. The molecule has 0 saturated heterocycles. The Hall–Kier alpha value is -2.39. The quantitative estimate of drug-likeness (QED) is 0.353. The largest absolute Gasteiger partial charge is 0.494 e. The monoisotopic (exact) mass is 364 g/mol. The fourth-order valence-corrected chi connectivity index (χ4v) is 3.81. The Labute approximate surface area is 159 Å². The van der Waals surface area contributed by atoms with Crippen molar-refractivity contribution in [3.8, 4) is 5.75 Å². The number of rotatable bonds is 8. The maximum absolute atomic E-state index is 10.7. The first kappa shape index (κ1) is 18.4. The SMILES string of the molecule is Cc1ccc([C@H](CCCOc2ccc(C=O)cc2)c2ccsc2)cc1C. The summed E-state index contributed by atoms with van der Waals surface area (Å²) in [7, 11) is 0. The molecule has 134 valence electrons. The van der Waals surface area contributed by atoms with Crippen molar-refractivity contribution in [2.45, 2.75) is 32.6 Å². The van der Waals surface area contributed by atoms with E-state index in [9.17, 15) is 4.79 Å². The van der Waals surface area contributed by atoms with Gasteiger partial charge in [-0.25, -0.2) is 0 Å². The molecule has 0 N–H and O–H groups in total. The summed E-state index contributed by atoms with van der Waals surface area (Å²) in [6.07, 6.45) is 2.87. The van der Waals surface area contributed by atoms with Crippen LogP contribution in [0.25, 0.3) is 0 Å². The van der Waals surface area contributed by atoms with Crippen LogP contribution < -0.4 is 4.74 Å². The summed E-state index contributed by atoms with van der Waals surface area (Å²) in [6, 6.07) is 16.3. The van der Waals surface area contributed by atoms with Crippen molar-refractivity contribution in [2.75, 3.05) is 6.61 Å². The summed E-state index contributed by atoms with van der Waals surface area (Å²) in [4.78, 5) is 10.7. The Bertz CT molecular complexity index is 835. The molecule has 26 heavy (non-hydrogen) atoms. The van der Waals surface area contributed by atoms with E-state index < -0.39 is 0 Å². The third-order valence-corrected chi connectivity index (χ3v) is 5.50. The minimum absolute atomic E-state index is 0.404. The van der Waals surface area contributed by atoms with E-state index in [1.54, 1.807) is 23.5 Å². The maximum Gasteiger partial charge on any atom is 0.150 e. The lowest BCUT2D eigenvalue weighted by Crippen LogP contribution is -2.05. The summed E-state index contributed by atoms with van der Waals surface area (Å²) in [5.41, 5.74) is 6.11. The van der Waals surface area contributed by atoms with E-state index in [1.807, 2.05) is 12.1 Å². The Morgan fingerprint density at radius 1 is 1.00 bits per heavy atom. The van der Waals surface area contributed by atoms with Gasteiger partial charge in [0, 0.05) is 11.5 Å². The molecule has 3 rings (SSSR count). The predicted octanol–water partition coefficient (Wildman–Crippen LogP) is 6.17. The molecular formula is C23H24O2S. The number of ether oxygens (including phenoxy) is 1. The summed E-state index contributed by atoms with van der Waals surface area (Å²) >= 11 is 1.75. The first-order chi connectivity index (χ1) is 12.7. The molecule has 2 nitrogen and oxygen atoms in total. The Balaban J connectivity index is 1.63. The lowest BCUT2D eigenvalue weighted by molar-refractivity contribution is 0.112. The van der Waals surface area contributed by atoms with E-state index in [4.69, 9.17) is 4.74 Å². The molecule has 1 heterocycles. The summed E-state index contributed by atoms with van der Waals surface area (Å²) in [5.74, 6) is 1.22. The highest BCUT2D eigenvalue weighted by atomic mass is 32.1. The topological polar surface area (TPSA) is 26.3 Å². The van der Waals surface area contributed by atoms with Crippen molar-refractivity contribution < 1.29 is 9.53 Å². The average Bonchev–Trinajstić information content (AvgIpc) is 3.19. The van der Waals surface area contributed by atoms with Crippen LogP contribution in [0, 0.1) is 13.8 Å². The minimum atomic E-state index is 0.404. The molecule has 0 saturated carbocycles. The Morgan fingerprint density at radius 3 is 2.46 bits per heavy atom. The molecule has 0 unspecified atom stereocenters. The lowest BCUT2D eigenvalue weighted by atomic mass is 9.87. The molecule has 3 aromatic rings. The van der Waals surface area contributed by atoms with Crippen LogP contribution in [0.5, 0.6) is 5.75 Å². The van der Waals surface area contributed by atoms with Crippen LogP contribution in [-0.2, 0) is 0 Å². The van der Waals surface area contributed by atoms with E-state index in [0.717, 1.165) is 24.9 Å². The molecular weight excluding hydrogens is 340 g/mol. The van der Waals surface area contributed by atoms with Gasteiger partial charge in [0.1, 0.15) is 12.0 Å². The minimum Gasteiger partial charge on any atom is -0.494 e. The van der Waals surface area contributed by atoms with Crippen LogP contribution >= 0.6 is 11.3 Å². The molecule has 3 heteroatoms. The fraction of sp³-hybridized carbons (Fsp3) is 0.261. The molecule has 0 aliphatic carbocycles. The second-order valence-electron chi connectivity index (χ2n) is 6.63. The zero-order chi connectivity index (χ0) is 18.4. The summed E-state index contributed by atoms with van der Waals surface area (Å²) < 4.78 is 5.84. The number of aldehydes is 1. The average molecular weight is 365 g/mol. The third kappa shape index (κ3) is 4.61. The Morgan fingerprint density at radius 2 is 1.81 bits per heavy atom. The molecule has 0 spiro atoms. The first-order valence-electron chi connectivity index (χ1n) is 8.94. The zero-order valence-corrected chi connectivity index (χ0v) is 16.1. The number of thiophene rings is 1. The second kappa shape index (κ2) is 8.81. The van der Waals surface area contributed by atoms with Crippen LogP contribution in [0.15, 0.2) is 59.3 Å². The van der Waals surface area contributed by atoms with Gasteiger partial charge >= 0.3 is 0 Å². The van der Waals surface area contributed by atoms with E-state index in [0.29, 0.717) is 18.1 Å². The van der Waals surface area contributed by atoms with Gasteiger partial charge in [-0.1, -0.05) is 18.2 Å². The molecule has 1 aromatic heterocycles.